The van der Waals surface area contributed by atoms with Crippen molar-refractivity contribution >= 4 is 15.9 Å². The van der Waals surface area contributed by atoms with Crippen LogP contribution in [0.4, 0.5) is 0 Å². The van der Waals surface area contributed by atoms with E-state index in [2.05, 4.69) is 12.2 Å². The monoisotopic (exact) mass is 460 g/mol. The molecule has 1 fully saturated rings. The molecule has 0 radical (unpaired) electrons. The van der Waals surface area contributed by atoms with E-state index in [9.17, 15) is 13.2 Å². The number of carbonyl (C=O) groups excluding carboxylic acids is 1. The van der Waals surface area contributed by atoms with Crippen LogP contribution >= 0.6 is 0 Å². The van der Waals surface area contributed by atoms with Gasteiger partial charge in [-0.1, -0.05) is 13.0 Å². The molecular weight excluding hydrogens is 428 g/mol. The van der Waals surface area contributed by atoms with Crippen molar-refractivity contribution in [2.75, 3.05) is 27.3 Å². The fraction of sp³-hybridized carbons (Fsp3) is 0.458. The number of sulfonamides is 1. The third-order valence-electron chi connectivity index (χ3n) is 6.09. The minimum Gasteiger partial charge on any atom is -0.497 e. The number of benzene rings is 2. The highest BCUT2D eigenvalue weighted by Gasteiger charge is 2.29. The number of ether oxygens (including phenoxy) is 2. The zero-order chi connectivity index (χ0) is 23.5. The number of hydrogen-bond acceptors (Lipinski definition) is 5. The molecule has 1 N–H and O–H groups in total. The first-order chi connectivity index (χ1) is 15.2. The standard InChI is InChI=1S/C24H32N2O5S/c1-16-10-12-26(13-11-16)32(28,29)20-8-6-17(2)21(15-20)24(27)25-18(3)22-14-19(30-4)7-9-23(22)31-5/h6-9,14-16,18H,10-13H2,1-5H3,(H,25,27)/t18-/m1/s1. The first kappa shape index (κ1) is 24.1. The lowest BCUT2D eigenvalue weighted by Crippen LogP contribution is -2.38. The van der Waals surface area contributed by atoms with Gasteiger partial charge < -0.3 is 14.8 Å². The van der Waals surface area contributed by atoms with Crippen molar-refractivity contribution in [2.24, 2.45) is 5.92 Å². The summed E-state index contributed by atoms with van der Waals surface area (Å²) < 4.78 is 38.5. The highest BCUT2D eigenvalue weighted by molar-refractivity contribution is 7.89. The van der Waals surface area contributed by atoms with E-state index in [1.165, 1.54) is 10.4 Å². The number of nitrogens with zero attached hydrogens (tertiary/aromatic N) is 1. The van der Waals surface area contributed by atoms with Gasteiger partial charge >= 0.3 is 0 Å². The van der Waals surface area contributed by atoms with Gasteiger partial charge in [0.25, 0.3) is 5.91 Å². The van der Waals surface area contributed by atoms with Crippen LogP contribution in [0.3, 0.4) is 0 Å². The van der Waals surface area contributed by atoms with Crippen molar-refractivity contribution < 1.29 is 22.7 Å². The summed E-state index contributed by atoms with van der Waals surface area (Å²) in [5, 5.41) is 2.96. The lowest BCUT2D eigenvalue weighted by molar-refractivity contribution is 0.0938. The summed E-state index contributed by atoms with van der Waals surface area (Å²) in [5.74, 6) is 1.47. The average molecular weight is 461 g/mol. The van der Waals surface area contributed by atoms with Gasteiger partial charge in [0.15, 0.2) is 0 Å². The molecule has 1 aliphatic rings. The summed E-state index contributed by atoms with van der Waals surface area (Å²) in [5.41, 5.74) is 1.81. The van der Waals surface area contributed by atoms with Gasteiger partial charge in [-0.25, -0.2) is 8.42 Å². The Hall–Kier alpha value is -2.58. The van der Waals surface area contributed by atoms with Gasteiger partial charge in [-0.05, 0) is 68.5 Å². The first-order valence-electron chi connectivity index (χ1n) is 10.8. The molecule has 32 heavy (non-hydrogen) atoms. The second-order valence-electron chi connectivity index (χ2n) is 8.37. The maximum Gasteiger partial charge on any atom is 0.252 e. The Kier molecular flexibility index (Phi) is 7.46. The molecule has 174 valence electrons. The van der Waals surface area contributed by atoms with Gasteiger partial charge in [-0.2, -0.15) is 4.31 Å². The Morgan fingerprint density at radius 2 is 1.78 bits per heavy atom. The van der Waals surface area contributed by atoms with E-state index in [0.717, 1.165) is 18.4 Å². The summed E-state index contributed by atoms with van der Waals surface area (Å²) in [6, 6.07) is 9.75. The molecule has 1 amide bonds. The van der Waals surface area contributed by atoms with Gasteiger partial charge in [0.05, 0.1) is 25.2 Å². The van der Waals surface area contributed by atoms with Crippen molar-refractivity contribution in [1.29, 1.82) is 0 Å². The quantitative estimate of drug-likeness (QED) is 0.677. The molecule has 2 aromatic carbocycles. The minimum atomic E-state index is -3.64. The molecule has 1 aliphatic heterocycles. The number of methoxy groups -OCH3 is 2. The van der Waals surface area contributed by atoms with Crippen molar-refractivity contribution in [3.8, 4) is 11.5 Å². The Morgan fingerprint density at radius 1 is 1.09 bits per heavy atom. The molecule has 3 rings (SSSR count). The van der Waals surface area contributed by atoms with Gasteiger partial charge in [-0.3, -0.25) is 4.79 Å². The molecule has 0 aromatic heterocycles. The first-order valence-corrected chi connectivity index (χ1v) is 12.2. The summed E-state index contributed by atoms with van der Waals surface area (Å²) in [6.45, 7) is 6.79. The fourth-order valence-corrected chi connectivity index (χ4v) is 5.41. The third kappa shape index (κ3) is 5.07. The van der Waals surface area contributed by atoms with E-state index < -0.39 is 10.0 Å². The SMILES string of the molecule is COc1ccc(OC)c([C@@H](C)NC(=O)c2cc(S(=O)(=O)N3CCC(C)CC3)ccc2C)c1. The van der Waals surface area contributed by atoms with Crippen LogP contribution in [-0.2, 0) is 10.0 Å². The lowest BCUT2D eigenvalue weighted by Gasteiger charge is -2.29. The van der Waals surface area contributed by atoms with Gasteiger partial charge in [0.2, 0.25) is 10.0 Å². The number of piperidine rings is 1. The predicted molar refractivity (Wildman–Crippen MR) is 124 cm³/mol. The van der Waals surface area contributed by atoms with Gasteiger partial charge in [-0.15, -0.1) is 0 Å². The Morgan fingerprint density at radius 3 is 2.41 bits per heavy atom. The normalized spacial score (nSPS) is 16.4. The van der Waals surface area contributed by atoms with Crippen LogP contribution in [0.5, 0.6) is 11.5 Å². The molecule has 0 bridgehead atoms. The molecule has 2 aromatic rings. The number of carbonyl (C=O) groups is 1. The maximum absolute atomic E-state index is 13.1. The molecule has 1 atom stereocenters. The highest BCUT2D eigenvalue weighted by atomic mass is 32.2. The predicted octanol–water partition coefficient (Wildman–Crippen LogP) is 3.92. The smallest absolute Gasteiger partial charge is 0.252 e. The topological polar surface area (TPSA) is 84.9 Å². The van der Waals surface area contributed by atoms with Crippen LogP contribution in [-0.4, -0.2) is 45.9 Å². The van der Waals surface area contributed by atoms with Crippen LogP contribution in [0.25, 0.3) is 0 Å². The van der Waals surface area contributed by atoms with Crippen LogP contribution in [0, 0.1) is 12.8 Å². The second kappa shape index (κ2) is 9.92. The number of aryl methyl sites for hydroxylation is 1. The largest absolute Gasteiger partial charge is 0.497 e. The van der Waals surface area contributed by atoms with Crippen molar-refractivity contribution in [3.05, 3.63) is 53.1 Å². The van der Waals surface area contributed by atoms with E-state index in [0.29, 0.717) is 41.6 Å². The molecule has 0 spiro atoms. The van der Waals surface area contributed by atoms with E-state index in [4.69, 9.17) is 9.47 Å². The van der Waals surface area contributed by atoms with Crippen molar-refractivity contribution in [2.45, 2.75) is 44.6 Å². The minimum absolute atomic E-state index is 0.148. The Bertz CT molecular complexity index is 1080. The molecule has 0 saturated carbocycles. The average Bonchev–Trinajstić information content (AvgIpc) is 2.78. The summed E-state index contributed by atoms with van der Waals surface area (Å²) >= 11 is 0. The van der Waals surface area contributed by atoms with Crippen LogP contribution in [0.1, 0.15) is 54.2 Å². The zero-order valence-corrected chi connectivity index (χ0v) is 20.2. The van der Waals surface area contributed by atoms with Crippen LogP contribution in [0.2, 0.25) is 0 Å². The molecule has 0 aliphatic carbocycles. The molecule has 8 heteroatoms. The van der Waals surface area contributed by atoms with Crippen molar-refractivity contribution in [1.82, 2.24) is 9.62 Å². The number of hydrogen-bond donors (Lipinski definition) is 1. The van der Waals surface area contributed by atoms with E-state index in [1.54, 1.807) is 45.4 Å². The summed E-state index contributed by atoms with van der Waals surface area (Å²) in [4.78, 5) is 13.3. The fourth-order valence-electron chi connectivity index (χ4n) is 3.91. The molecule has 1 heterocycles. The number of amides is 1. The highest BCUT2D eigenvalue weighted by Crippen LogP contribution is 2.30. The number of rotatable bonds is 7. The summed E-state index contributed by atoms with van der Waals surface area (Å²) in [7, 11) is -0.496. The molecule has 1 saturated heterocycles. The maximum atomic E-state index is 13.1. The van der Waals surface area contributed by atoms with Crippen LogP contribution in [0.15, 0.2) is 41.3 Å². The van der Waals surface area contributed by atoms with Gasteiger partial charge in [0, 0.05) is 24.2 Å². The van der Waals surface area contributed by atoms with Crippen molar-refractivity contribution in [3.63, 3.8) is 0 Å². The van der Waals surface area contributed by atoms with E-state index in [1.807, 2.05) is 13.0 Å². The second-order valence-corrected chi connectivity index (χ2v) is 10.3. The number of nitrogens with one attached hydrogen (secondary N) is 1. The Labute approximate surface area is 190 Å². The Balaban J connectivity index is 1.85. The molecule has 7 nitrogen and oxygen atoms in total. The van der Waals surface area contributed by atoms with E-state index >= 15 is 0 Å². The van der Waals surface area contributed by atoms with Crippen LogP contribution < -0.4 is 14.8 Å². The zero-order valence-electron chi connectivity index (χ0n) is 19.3. The van der Waals surface area contributed by atoms with E-state index in [-0.39, 0.29) is 16.8 Å². The van der Waals surface area contributed by atoms with Gasteiger partial charge in [0.1, 0.15) is 11.5 Å². The summed E-state index contributed by atoms with van der Waals surface area (Å²) in [6.07, 6.45) is 1.69. The molecular formula is C24H32N2O5S. The molecule has 0 unspecified atom stereocenters. The lowest BCUT2D eigenvalue weighted by atomic mass is 10.0. The third-order valence-corrected chi connectivity index (χ3v) is 7.98.